The fourth-order valence-corrected chi connectivity index (χ4v) is 4.56. The number of hydrogen-bond donors (Lipinski definition) is 1. The number of nitrogens with zero attached hydrogens (tertiary/aromatic N) is 5. The molecule has 0 aliphatic rings. The number of carbonyl (C=O) groups is 1. The molecule has 0 radical (unpaired) electrons. The summed E-state index contributed by atoms with van der Waals surface area (Å²) in [5.41, 5.74) is 3.46. The van der Waals surface area contributed by atoms with Gasteiger partial charge >= 0.3 is 0 Å². The maximum absolute atomic E-state index is 13.1. The summed E-state index contributed by atoms with van der Waals surface area (Å²) in [6.07, 6.45) is 0. The van der Waals surface area contributed by atoms with E-state index in [9.17, 15) is 9.59 Å². The molecule has 2 aromatic heterocycles. The second-order valence-electron chi connectivity index (χ2n) is 8.09. The molecular formula is C25H28N6O3S. The number of para-hydroxylation sites is 1. The highest BCUT2D eigenvalue weighted by molar-refractivity contribution is 7.99. The van der Waals surface area contributed by atoms with Crippen molar-refractivity contribution in [2.75, 3.05) is 24.8 Å². The molecule has 0 atom stereocenters. The maximum Gasteiger partial charge on any atom is 0.295 e. The lowest BCUT2D eigenvalue weighted by Gasteiger charge is -2.10. The number of thioether (sulfide) groups is 1. The summed E-state index contributed by atoms with van der Waals surface area (Å²) in [5.74, 6) is 0.510. The van der Waals surface area contributed by atoms with Crippen molar-refractivity contribution in [3.05, 3.63) is 76.2 Å². The Morgan fingerprint density at radius 1 is 1.09 bits per heavy atom. The van der Waals surface area contributed by atoms with Gasteiger partial charge in [0.25, 0.3) is 5.56 Å². The molecule has 2 heterocycles. The summed E-state index contributed by atoms with van der Waals surface area (Å²) in [5, 5.41) is 12.1. The molecule has 182 valence electrons. The Kier molecular flexibility index (Phi) is 7.52. The van der Waals surface area contributed by atoms with Crippen molar-refractivity contribution in [2.24, 2.45) is 7.05 Å². The molecule has 0 unspecified atom stereocenters. The third-order valence-electron chi connectivity index (χ3n) is 5.66. The van der Waals surface area contributed by atoms with E-state index in [2.05, 4.69) is 15.5 Å². The topological polar surface area (TPSA) is 96.0 Å². The van der Waals surface area contributed by atoms with E-state index in [-0.39, 0.29) is 22.9 Å². The van der Waals surface area contributed by atoms with E-state index in [4.69, 9.17) is 4.74 Å². The van der Waals surface area contributed by atoms with Crippen LogP contribution in [0.1, 0.15) is 11.3 Å². The number of benzene rings is 2. The van der Waals surface area contributed by atoms with Crippen molar-refractivity contribution in [1.29, 1.82) is 0 Å². The summed E-state index contributed by atoms with van der Waals surface area (Å²) in [4.78, 5) is 25.9. The molecule has 0 aliphatic heterocycles. The lowest BCUT2D eigenvalue weighted by Crippen LogP contribution is -2.23. The van der Waals surface area contributed by atoms with Crippen LogP contribution in [0.2, 0.25) is 0 Å². The highest BCUT2D eigenvalue weighted by Crippen LogP contribution is 2.25. The molecule has 4 aromatic rings. The van der Waals surface area contributed by atoms with Crippen molar-refractivity contribution in [3.8, 4) is 17.1 Å². The molecule has 10 heteroatoms. The van der Waals surface area contributed by atoms with Crippen molar-refractivity contribution < 1.29 is 9.53 Å². The minimum Gasteiger partial charge on any atom is -0.383 e. The molecule has 0 bridgehead atoms. The minimum atomic E-state index is -0.292. The van der Waals surface area contributed by atoms with Gasteiger partial charge < -0.3 is 10.1 Å². The van der Waals surface area contributed by atoms with Crippen molar-refractivity contribution in [2.45, 2.75) is 25.5 Å². The van der Waals surface area contributed by atoms with Crippen LogP contribution in [0, 0.1) is 13.8 Å². The second kappa shape index (κ2) is 10.7. The molecule has 4 rings (SSSR count). The van der Waals surface area contributed by atoms with Gasteiger partial charge in [0.1, 0.15) is 5.69 Å². The zero-order valence-corrected chi connectivity index (χ0v) is 21.0. The molecule has 0 spiro atoms. The summed E-state index contributed by atoms with van der Waals surface area (Å²) in [7, 11) is 3.43. The maximum atomic E-state index is 13.1. The molecule has 1 amide bonds. The van der Waals surface area contributed by atoms with E-state index in [0.717, 1.165) is 22.6 Å². The number of ether oxygens (including phenoxy) is 1. The Morgan fingerprint density at radius 3 is 2.57 bits per heavy atom. The van der Waals surface area contributed by atoms with Crippen LogP contribution in [0.5, 0.6) is 0 Å². The molecular weight excluding hydrogens is 464 g/mol. The number of nitrogens with one attached hydrogen (secondary N) is 1. The summed E-state index contributed by atoms with van der Waals surface area (Å²) < 4.78 is 10.5. The molecule has 0 saturated carbocycles. The van der Waals surface area contributed by atoms with Crippen LogP contribution >= 0.6 is 11.8 Å². The number of anilines is 1. The molecule has 0 saturated heterocycles. The predicted octanol–water partition coefficient (Wildman–Crippen LogP) is 3.43. The number of aryl methyl sites for hydroxylation is 1. The Balaban J connectivity index is 1.52. The number of carbonyl (C=O) groups excluding carboxylic acids is 1. The van der Waals surface area contributed by atoms with E-state index in [1.165, 1.54) is 16.4 Å². The highest BCUT2D eigenvalue weighted by atomic mass is 32.2. The second-order valence-corrected chi connectivity index (χ2v) is 9.04. The van der Waals surface area contributed by atoms with Gasteiger partial charge in [0.05, 0.1) is 30.3 Å². The average molecular weight is 493 g/mol. The molecule has 1 N–H and O–H groups in total. The van der Waals surface area contributed by atoms with Crippen molar-refractivity contribution in [1.82, 2.24) is 24.1 Å². The molecule has 0 aliphatic carbocycles. The fourth-order valence-electron chi connectivity index (χ4n) is 3.80. The largest absolute Gasteiger partial charge is 0.383 e. The Bertz CT molecular complexity index is 1390. The predicted molar refractivity (Wildman–Crippen MR) is 137 cm³/mol. The quantitative estimate of drug-likeness (QED) is 0.360. The lowest BCUT2D eigenvalue weighted by molar-refractivity contribution is -0.113. The van der Waals surface area contributed by atoms with Gasteiger partial charge in [-0.25, -0.2) is 4.68 Å². The van der Waals surface area contributed by atoms with Crippen LogP contribution in [0.4, 0.5) is 5.69 Å². The van der Waals surface area contributed by atoms with Gasteiger partial charge in [-0.05, 0) is 32.0 Å². The zero-order chi connectivity index (χ0) is 24.9. The van der Waals surface area contributed by atoms with E-state index < -0.39 is 0 Å². The number of hydrogen-bond acceptors (Lipinski definition) is 6. The first-order valence-electron chi connectivity index (χ1n) is 11.2. The van der Waals surface area contributed by atoms with Gasteiger partial charge in [0, 0.05) is 19.7 Å². The number of methoxy groups -OCH3 is 1. The standard InChI is InChI=1S/C25H28N6O3S/c1-17-9-8-10-19(15-17)23-27-28-25(30(23)13-14-34-4)35-16-21(32)26-22-18(2)29(3)31(24(22)33)20-11-6-5-7-12-20/h5-12,15H,13-14,16H2,1-4H3,(H,26,32). The smallest absolute Gasteiger partial charge is 0.295 e. The monoisotopic (exact) mass is 492 g/mol. The van der Waals surface area contributed by atoms with Crippen LogP contribution in [-0.4, -0.2) is 49.5 Å². The Hall–Kier alpha value is -3.63. The van der Waals surface area contributed by atoms with Crippen LogP contribution in [0.25, 0.3) is 17.1 Å². The van der Waals surface area contributed by atoms with Crippen LogP contribution in [-0.2, 0) is 23.1 Å². The average Bonchev–Trinajstić information content (AvgIpc) is 3.35. The van der Waals surface area contributed by atoms with Gasteiger partial charge in [-0.3, -0.25) is 18.8 Å². The van der Waals surface area contributed by atoms with Crippen molar-refractivity contribution in [3.63, 3.8) is 0 Å². The number of amides is 1. The third-order valence-corrected chi connectivity index (χ3v) is 6.63. The summed E-state index contributed by atoms with van der Waals surface area (Å²) >= 11 is 1.27. The first kappa shape index (κ1) is 24.5. The third kappa shape index (κ3) is 5.23. The highest BCUT2D eigenvalue weighted by Gasteiger charge is 2.20. The van der Waals surface area contributed by atoms with Crippen LogP contribution in [0.15, 0.2) is 64.5 Å². The molecule has 0 fully saturated rings. The summed E-state index contributed by atoms with van der Waals surface area (Å²) in [6.45, 7) is 4.87. The van der Waals surface area contributed by atoms with E-state index in [1.54, 1.807) is 25.8 Å². The van der Waals surface area contributed by atoms with E-state index in [0.29, 0.717) is 24.0 Å². The fraction of sp³-hybridized carbons (Fsp3) is 0.280. The Labute approximate surface area is 207 Å². The van der Waals surface area contributed by atoms with Gasteiger partial charge in [-0.15, -0.1) is 10.2 Å². The minimum absolute atomic E-state index is 0.0814. The van der Waals surface area contributed by atoms with E-state index in [1.807, 2.05) is 66.1 Å². The van der Waals surface area contributed by atoms with Gasteiger partial charge in [-0.1, -0.05) is 53.7 Å². The first-order valence-corrected chi connectivity index (χ1v) is 12.1. The van der Waals surface area contributed by atoms with Crippen molar-refractivity contribution >= 4 is 23.4 Å². The molecule has 9 nitrogen and oxygen atoms in total. The van der Waals surface area contributed by atoms with E-state index >= 15 is 0 Å². The lowest BCUT2D eigenvalue weighted by atomic mass is 10.1. The molecule has 35 heavy (non-hydrogen) atoms. The number of aromatic nitrogens is 5. The zero-order valence-electron chi connectivity index (χ0n) is 20.2. The number of rotatable bonds is 9. The SMILES string of the molecule is COCCn1c(SCC(=O)Nc2c(C)n(C)n(-c3ccccc3)c2=O)nnc1-c1cccc(C)c1. The summed E-state index contributed by atoms with van der Waals surface area (Å²) in [6, 6.07) is 17.3. The van der Waals surface area contributed by atoms with Crippen LogP contribution < -0.4 is 10.9 Å². The van der Waals surface area contributed by atoms with Gasteiger partial charge in [-0.2, -0.15) is 0 Å². The van der Waals surface area contributed by atoms with Gasteiger partial charge in [0.15, 0.2) is 11.0 Å². The van der Waals surface area contributed by atoms with Crippen LogP contribution in [0.3, 0.4) is 0 Å². The normalized spacial score (nSPS) is 11.1. The van der Waals surface area contributed by atoms with Gasteiger partial charge in [0.2, 0.25) is 5.91 Å². The first-order chi connectivity index (χ1) is 16.9. The molecule has 2 aromatic carbocycles. The Morgan fingerprint density at radius 2 is 1.86 bits per heavy atom.